The van der Waals surface area contributed by atoms with Gasteiger partial charge in [-0.3, -0.25) is 0 Å². The number of benzene rings is 2. The molecule has 0 aliphatic rings. The van der Waals surface area contributed by atoms with E-state index in [0.29, 0.717) is 16.7 Å². The lowest BCUT2D eigenvalue weighted by Gasteiger charge is -2.10. The summed E-state index contributed by atoms with van der Waals surface area (Å²) in [5, 5.41) is 1.10. The summed E-state index contributed by atoms with van der Waals surface area (Å²) in [5.41, 5.74) is 2.04. The van der Waals surface area contributed by atoms with E-state index >= 15 is 0 Å². The van der Waals surface area contributed by atoms with Gasteiger partial charge in [0.1, 0.15) is 5.75 Å². The molecule has 0 saturated heterocycles. The maximum atomic E-state index is 6.06. The van der Waals surface area contributed by atoms with Gasteiger partial charge in [-0.2, -0.15) is 12.6 Å². The minimum absolute atomic E-state index is 0.546. The number of ether oxygens (including phenoxy) is 1. The Kier molecular flexibility index (Phi) is 6.09. The van der Waals surface area contributed by atoms with Crippen molar-refractivity contribution in [2.24, 2.45) is 0 Å². The highest BCUT2D eigenvalue weighted by Crippen LogP contribution is 2.33. The molecule has 0 unspecified atom stereocenters. The van der Waals surface area contributed by atoms with E-state index < -0.39 is 0 Å². The molecule has 0 aliphatic heterocycles. The van der Waals surface area contributed by atoms with Gasteiger partial charge in [0, 0.05) is 0 Å². The molecule has 0 fully saturated rings. The van der Waals surface area contributed by atoms with Crippen molar-refractivity contribution in [2.75, 3.05) is 12.4 Å². The molecule has 2 aromatic carbocycles. The smallest absolute Gasteiger partial charge is 0.134 e. The van der Waals surface area contributed by atoms with Crippen molar-refractivity contribution in [3.63, 3.8) is 0 Å². The molecule has 20 heavy (non-hydrogen) atoms. The zero-order chi connectivity index (χ0) is 14.5. The lowest BCUT2D eigenvalue weighted by molar-refractivity contribution is 0.317. The molecular weight excluding hydrogens is 379 g/mol. The van der Waals surface area contributed by atoms with Gasteiger partial charge in [-0.15, -0.1) is 0 Å². The first-order valence-corrected chi connectivity index (χ1v) is 8.28. The van der Waals surface area contributed by atoms with Gasteiger partial charge in [0.25, 0.3) is 0 Å². The molecule has 0 aromatic heterocycles. The van der Waals surface area contributed by atoms with Crippen LogP contribution < -0.4 is 4.74 Å². The van der Waals surface area contributed by atoms with Crippen LogP contribution in [0, 0.1) is 0 Å². The fourth-order valence-corrected chi connectivity index (χ4v) is 2.50. The summed E-state index contributed by atoms with van der Waals surface area (Å²) in [6, 6.07) is 11.5. The molecule has 0 aliphatic carbocycles. The van der Waals surface area contributed by atoms with Crippen LogP contribution in [-0.4, -0.2) is 12.4 Å². The highest BCUT2D eigenvalue weighted by molar-refractivity contribution is 9.10. The predicted octanol–water partition coefficient (Wildman–Crippen LogP) is 6.12. The van der Waals surface area contributed by atoms with E-state index in [1.807, 2.05) is 30.3 Å². The Hall–Kier alpha value is -0.350. The molecule has 106 valence electrons. The summed E-state index contributed by atoms with van der Waals surface area (Å²) in [5.74, 6) is 1.62. The van der Waals surface area contributed by atoms with Crippen LogP contribution in [0.15, 0.2) is 40.9 Å². The SMILES string of the molecule is SCCCOc1cc(-c2ccc(Cl)c(Cl)c2)ccc1Br. The minimum atomic E-state index is 0.546. The normalized spacial score (nSPS) is 10.6. The summed E-state index contributed by atoms with van der Waals surface area (Å²) >= 11 is 19.7. The molecule has 0 heterocycles. The molecule has 1 nitrogen and oxygen atoms in total. The second kappa shape index (κ2) is 7.60. The second-order valence-corrected chi connectivity index (χ2v) is 6.32. The van der Waals surface area contributed by atoms with E-state index in [4.69, 9.17) is 27.9 Å². The Balaban J connectivity index is 2.27. The molecule has 2 aromatic rings. The third-order valence-electron chi connectivity index (χ3n) is 2.74. The number of hydrogen-bond donors (Lipinski definition) is 1. The van der Waals surface area contributed by atoms with Crippen molar-refractivity contribution in [2.45, 2.75) is 6.42 Å². The van der Waals surface area contributed by atoms with Crippen molar-refractivity contribution in [1.82, 2.24) is 0 Å². The van der Waals surface area contributed by atoms with Crippen LogP contribution in [0.25, 0.3) is 11.1 Å². The minimum Gasteiger partial charge on any atom is -0.492 e. The maximum absolute atomic E-state index is 6.06. The summed E-state index contributed by atoms with van der Waals surface area (Å²) in [6.07, 6.45) is 0.909. The molecular formula is C15H13BrCl2OS. The van der Waals surface area contributed by atoms with E-state index in [2.05, 4.69) is 28.6 Å². The fraction of sp³-hybridized carbons (Fsp3) is 0.200. The third kappa shape index (κ3) is 4.08. The lowest BCUT2D eigenvalue weighted by Crippen LogP contribution is -1.98. The molecule has 2 rings (SSSR count). The largest absolute Gasteiger partial charge is 0.492 e. The summed E-state index contributed by atoms with van der Waals surface area (Å²) in [6.45, 7) is 0.646. The second-order valence-electron chi connectivity index (χ2n) is 4.20. The molecule has 0 bridgehead atoms. The molecule has 0 atom stereocenters. The van der Waals surface area contributed by atoms with Crippen LogP contribution in [0.1, 0.15) is 6.42 Å². The highest BCUT2D eigenvalue weighted by atomic mass is 79.9. The van der Waals surface area contributed by atoms with Gasteiger partial charge in [-0.25, -0.2) is 0 Å². The quantitative estimate of drug-likeness (QED) is 0.477. The van der Waals surface area contributed by atoms with Crippen LogP contribution in [0.5, 0.6) is 5.75 Å². The topological polar surface area (TPSA) is 9.23 Å². The van der Waals surface area contributed by atoms with Crippen molar-refractivity contribution < 1.29 is 4.74 Å². The number of halogens is 3. The summed E-state index contributed by atoms with van der Waals surface area (Å²) in [7, 11) is 0. The monoisotopic (exact) mass is 390 g/mol. The first kappa shape index (κ1) is 16.0. The lowest BCUT2D eigenvalue weighted by atomic mass is 10.1. The van der Waals surface area contributed by atoms with Crippen molar-refractivity contribution in [1.29, 1.82) is 0 Å². The summed E-state index contributed by atoms with van der Waals surface area (Å²) in [4.78, 5) is 0. The van der Waals surface area contributed by atoms with Crippen molar-refractivity contribution in [3.05, 3.63) is 50.9 Å². The van der Waals surface area contributed by atoms with E-state index in [0.717, 1.165) is 33.5 Å². The Labute approximate surface area is 142 Å². The van der Waals surface area contributed by atoms with Crippen LogP contribution >= 0.6 is 51.8 Å². The molecule has 0 amide bonds. The number of hydrogen-bond acceptors (Lipinski definition) is 2. The van der Waals surface area contributed by atoms with Crippen LogP contribution in [0.2, 0.25) is 10.0 Å². The van der Waals surface area contributed by atoms with Crippen molar-refractivity contribution >= 4 is 51.8 Å². The molecule has 0 spiro atoms. The van der Waals surface area contributed by atoms with Crippen LogP contribution in [0.3, 0.4) is 0 Å². The Morgan fingerprint density at radius 1 is 1.00 bits per heavy atom. The van der Waals surface area contributed by atoms with Crippen molar-refractivity contribution in [3.8, 4) is 16.9 Å². The predicted molar refractivity (Wildman–Crippen MR) is 93.6 cm³/mol. The van der Waals surface area contributed by atoms with E-state index in [1.165, 1.54) is 0 Å². The van der Waals surface area contributed by atoms with Gasteiger partial charge in [0.2, 0.25) is 0 Å². The first-order chi connectivity index (χ1) is 9.61. The summed E-state index contributed by atoms with van der Waals surface area (Å²) < 4.78 is 6.67. The Morgan fingerprint density at radius 2 is 1.70 bits per heavy atom. The first-order valence-electron chi connectivity index (χ1n) is 6.10. The standard InChI is InChI=1S/C15H13BrCl2OS/c16-12-4-2-11(9-15(12)19-6-1-7-20)10-3-5-13(17)14(18)8-10/h2-5,8-9,20H,1,6-7H2. The van der Waals surface area contributed by atoms with E-state index in [1.54, 1.807) is 6.07 Å². The molecule has 5 heteroatoms. The molecule has 0 saturated carbocycles. The van der Waals surface area contributed by atoms with Gasteiger partial charge < -0.3 is 4.74 Å². The van der Waals surface area contributed by atoms with Gasteiger partial charge in [-0.05, 0) is 63.5 Å². The number of rotatable bonds is 5. The maximum Gasteiger partial charge on any atom is 0.134 e. The average molecular weight is 392 g/mol. The van der Waals surface area contributed by atoms with E-state index in [9.17, 15) is 0 Å². The fourth-order valence-electron chi connectivity index (χ4n) is 1.72. The number of thiol groups is 1. The Morgan fingerprint density at radius 3 is 2.40 bits per heavy atom. The van der Waals surface area contributed by atoms with Gasteiger partial charge >= 0.3 is 0 Å². The Bertz CT molecular complexity index is 604. The average Bonchev–Trinajstić information content (AvgIpc) is 2.44. The van der Waals surface area contributed by atoms with Gasteiger partial charge in [0.05, 0.1) is 21.1 Å². The van der Waals surface area contributed by atoms with Crippen LogP contribution in [0.4, 0.5) is 0 Å². The van der Waals surface area contributed by atoms with E-state index in [-0.39, 0.29) is 0 Å². The van der Waals surface area contributed by atoms with Gasteiger partial charge in [0.15, 0.2) is 0 Å². The highest BCUT2D eigenvalue weighted by Gasteiger charge is 2.06. The van der Waals surface area contributed by atoms with Gasteiger partial charge in [-0.1, -0.05) is 35.3 Å². The third-order valence-corrected chi connectivity index (χ3v) is 4.45. The zero-order valence-electron chi connectivity index (χ0n) is 10.6. The van der Waals surface area contributed by atoms with Crippen LogP contribution in [-0.2, 0) is 0 Å². The molecule has 0 radical (unpaired) electrons. The molecule has 0 N–H and O–H groups in total. The zero-order valence-corrected chi connectivity index (χ0v) is 14.6.